The summed E-state index contributed by atoms with van der Waals surface area (Å²) in [5.41, 5.74) is 0.806. The minimum atomic E-state index is -0.729. The lowest BCUT2D eigenvalue weighted by Crippen LogP contribution is -2.28. The van der Waals surface area contributed by atoms with E-state index >= 15 is 0 Å². The Labute approximate surface area is 157 Å². The maximum absolute atomic E-state index is 13.5. The number of carbonyl (C=O) groups is 1. The van der Waals surface area contributed by atoms with Gasteiger partial charge in [0.25, 0.3) is 5.91 Å². The molecule has 27 heavy (non-hydrogen) atoms. The molecule has 0 bridgehead atoms. The Morgan fingerprint density at radius 2 is 1.85 bits per heavy atom. The molecule has 0 atom stereocenters. The molecule has 146 valence electrons. The van der Waals surface area contributed by atoms with Gasteiger partial charge in [-0.05, 0) is 36.2 Å². The van der Waals surface area contributed by atoms with Crippen LogP contribution < -0.4 is 19.5 Å². The van der Waals surface area contributed by atoms with Crippen molar-refractivity contribution in [1.82, 2.24) is 5.32 Å². The van der Waals surface area contributed by atoms with Gasteiger partial charge >= 0.3 is 0 Å². The predicted molar refractivity (Wildman–Crippen MR) is 97.1 cm³/mol. The molecule has 5 nitrogen and oxygen atoms in total. The third-order valence-corrected chi connectivity index (χ3v) is 3.73. The van der Waals surface area contributed by atoms with E-state index in [1.54, 1.807) is 19.2 Å². The summed E-state index contributed by atoms with van der Waals surface area (Å²) >= 11 is 0. The van der Waals surface area contributed by atoms with Gasteiger partial charge in [0, 0.05) is 12.6 Å². The van der Waals surface area contributed by atoms with Crippen LogP contribution in [0.15, 0.2) is 36.4 Å². The number of amides is 1. The van der Waals surface area contributed by atoms with Crippen molar-refractivity contribution in [1.29, 1.82) is 0 Å². The Kier molecular flexibility index (Phi) is 7.85. The van der Waals surface area contributed by atoms with Crippen LogP contribution in [0.2, 0.25) is 0 Å². The van der Waals surface area contributed by atoms with E-state index in [1.165, 1.54) is 0 Å². The zero-order valence-corrected chi connectivity index (χ0v) is 15.4. The standard InChI is InChI=1S/C20H23F2NO4/c1-3-4-9-26-17-8-5-14(10-19(17)25-2)12-23-20(24)13-27-18-11-15(21)6-7-16(18)22/h5-8,10-11H,3-4,9,12-13H2,1-2H3,(H,23,24). The molecule has 0 saturated carbocycles. The predicted octanol–water partition coefficient (Wildman–Crippen LogP) is 3.85. The number of hydrogen-bond acceptors (Lipinski definition) is 4. The molecule has 2 aromatic rings. The molecule has 0 saturated heterocycles. The average Bonchev–Trinajstić information content (AvgIpc) is 2.67. The van der Waals surface area contributed by atoms with Gasteiger partial charge in [0.2, 0.25) is 0 Å². The summed E-state index contributed by atoms with van der Waals surface area (Å²) in [5.74, 6) is -0.907. The first-order chi connectivity index (χ1) is 13.0. The minimum Gasteiger partial charge on any atom is -0.493 e. The monoisotopic (exact) mass is 379 g/mol. The van der Waals surface area contributed by atoms with E-state index in [4.69, 9.17) is 14.2 Å². The second-order valence-electron chi connectivity index (χ2n) is 5.83. The molecular weight excluding hydrogens is 356 g/mol. The molecule has 0 radical (unpaired) electrons. The largest absolute Gasteiger partial charge is 0.493 e. The lowest BCUT2D eigenvalue weighted by Gasteiger charge is -2.13. The van der Waals surface area contributed by atoms with Gasteiger partial charge in [0.1, 0.15) is 5.82 Å². The Hall–Kier alpha value is -2.83. The molecule has 2 aromatic carbocycles. The molecule has 0 unspecified atom stereocenters. The number of rotatable bonds is 10. The fraction of sp³-hybridized carbons (Fsp3) is 0.350. The summed E-state index contributed by atoms with van der Waals surface area (Å²) in [4.78, 5) is 11.9. The van der Waals surface area contributed by atoms with Crippen LogP contribution in [0.25, 0.3) is 0 Å². The van der Waals surface area contributed by atoms with E-state index in [-0.39, 0.29) is 12.3 Å². The fourth-order valence-corrected chi connectivity index (χ4v) is 2.25. The van der Waals surface area contributed by atoms with E-state index in [0.29, 0.717) is 18.1 Å². The van der Waals surface area contributed by atoms with Gasteiger partial charge in [-0.15, -0.1) is 0 Å². The molecule has 0 aromatic heterocycles. The molecule has 1 amide bonds. The highest BCUT2D eigenvalue weighted by molar-refractivity contribution is 5.77. The number of halogens is 2. The summed E-state index contributed by atoms with van der Waals surface area (Å²) in [6.45, 7) is 2.50. The number of ether oxygens (including phenoxy) is 3. The minimum absolute atomic E-state index is 0.236. The fourth-order valence-electron chi connectivity index (χ4n) is 2.25. The van der Waals surface area contributed by atoms with Gasteiger partial charge in [-0.1, -0.05) is 19.4 Å². The molecule has 0 spiro atoms. The first kappa shape index (κ1) is 20.5. The first-order valence-corrected chi connectivity index (χ1v) is 8.67. The summed E-state index contributed by atoms with van der Waals surface area (Å²) in [7, 11) is 1.55. The summed E-state index contributed by atoms with van der Waals surface area (Å²) in [5, 5.41) is 2.65. The molecule has 0 heterocycles. The highest BCUT2D eigenvalue weighted by Gasteiger charge is 2.10. The van der Waals surface area contributed by atoms with Crippen molar-refractivity contribution in [2.75, 3.05) is 20.3 Å². The van der Waals surface area contributed by atoms with E-state index < -0.39 is 24.1 Å². The Morgan fingerprint density at radius 3 is 2.59 bits per heavy atom. The van der Waals surface area contributed by atoms with Crippen molar-refractivity contribution in [2.45, 2.75) is 26.3 Å². The highest BCUT2D eigenvalue weighted by Crippen LogP contribution is 2.28. The maximum Gasteiger partial charge on any atom is 0.258 e. The van der Waals surface area contributed by atoms with Crippen LogP contribution in [-0.4, -0.2) is 26.2 Å². The topological polar surface area (TPSA) is 56.8 Å². The number of hydrogen-bond donors (Lipinski definition) is 1. The second-order valence-corrected chi connectivity index (χ2v) is 5.83. The van der Waals surface area contributed by atoms with Crippen LogP contribution in [-0.2, 0) is 11.3 Å². The van der Waals surface area contributed by atoms with Crippen LogP contribution in [0.5, 0.6) is 17.2 Å². The van der Waals surface area contributed by atoms with Crippen LogP contribution in [0, 0.1) is 11.6 Å². The van der Waals surface area contributed by atoms with Crippen molar-refractivity contribution >= 4 is 5.91 Å². The molecule has 1 N–H and O–H groups in total. The molecule has 0 aliphatic rings. The van der Waals surface area contributed by atoms with Crippen molar-refractivity contribution in [3.63, 3.8) is 0 Å². The summed E-state index contributed by atoms with van der Waals surface area (Å²) in [6.07, 6.45) is 1.99. The van der Waals surface area contributed by atoms with Gasteiger partial charge in [0.05, 0.1) is 13.7 Å². The van der Waals surface area contributed by atoms with E-state index in [2.05, 4.69) is 12.2 Å². The third-order valence-electron chi connectivity index (χ3n) is 3.73. The van der Waals surface area contributed by atoms with Crippen LogP contribution in [0.3, 0.4) is 0 Å². The van der Waals surface area contributed by atoms with Gasteiger partial charge in [-0.2, -0.15) is 0 Å². The van der Waals surface area contributed by atoms with Crippen LogP contribution in [0.1, 0.15) is 25.3 Å². The summed E-state index contributed by atoms with van der Waals surface area (Å²) < 4.78 is 42.5. The molecular formula is C20H23F2NO4. The number of carbonyl (C=O) groups excluding carboxylic acids is 1. The lowest BCUT2D eigenvalue weighted by atomic mass is 10.2. The van der Waals surface area contributed by atoms with Gasteiger partial charge in [-0.25, -0.2) is 8.78 Å². The molecule has 0 aliphatic heterocycles. The van der Waals surface area contributed by atoms with E-state index in [9.17, 15) is 13.6 Å². The first-order valence-electron chi connectivity index (χ1n) is 8.67. The quantitative estimate of drug-likeness (QED) is 0.637. The smallest absolute Gasteiger partial charge is 0.258 e. The highest BCUT2D eigenvalue weighted by atomic mass is 19.1. The number of benzene rings is 2. The zero-order valence-electron chi connectivity index (χ0n) is 15.4. The van der Waals surface area contributed by atoms with Crippen molar-refractivity contribution in [2.24, 2.45) is 0 Å². The van der Waals surface area contributed by atoms with E-state index in [1.807, 2.05) is 6.07 Å². The SMILES string of the molecule is CCCCOc1ccc(CNC(=O)COc2cc(F)ccc2F)cc1OC. The zero-order chi connectivity index (χ0) is 19.6. The number of unbranched alkanes of at least 4 members (excludes halogenated alkanes) is 1. The van der Waals surface area contributed by atoms with Crippen LogP contribution >= 0.6 is 0 Å². The number of nitrogens with one attached hydrogen (secondary N) is 1. The Bertz CT molecular complexity index is 768. The van der Waals surface area contributed by atoms with E-state index in [0.717, 1.165) is 36.6 Å². The van der Waals surface area contributed by atoms with Gasteiger partial charge in [-0.3, -0.25) is 4.79 Å². The van der Waals surface area contributed by atoms with Crippen molar-refractivity contribution in [3.05, 3.63) is 53.6 Å². The molecule has 7 heteroatoms. The normalized spacial score (nSPS) is 10.4. The second kappa shape index (κ2) is 10.4. The molecule has 0 fully saturated rings. The van der Waals surface area contributed by atoms with Crippen molar-refractivity contribution < 1.29 is 27.8 Å². The Balaban J connectivity index is 1.86. The third kappa shape index (κ3) is 6.44. The van der Waals surface area contributed by atoms with Gasteiger partial charge in [0.15, 0.2) is 29.7 Å². The lowest BCUT2D eigenvalue weighted by molar-refractivity contribution is -0.123. The summed E-state index contributed by atoms with van der Waals surface area (Å²) in [6, 6.07) is 8.19. The van der Waals surface area contributed by atoms with Gasteiger partial charge < -0.3 is 19.5 Å². The number of methoxy groups -OCH3 is 1. The maximum atomic E-state index is 13.5. The van der Waals surface area contributed by atoms with Crippen molar-refractivity contribution in [3.8, 4) is 17.2 Å². The Morgan fingerprint density at radius 1 is 1.04 bits per heavy atom. The molecule has 2 rings (SSSR count). The average molecular weight is 379 g/mol. The molecule has 0 aliphatic carbocycles. The van der Waals surface area contributed by atoms with Crippen LogP contribution in [0.4, 0.5) is 8.78 Å².